The highest BCUT2D eigenvalue weighted by Gasteiger charge is 2.53. The van der Waals surface area contributed by atoms with E-state index in [1.54, 1.807) is 6.92 Å². The molecule has 1 aromatic heterocycles. The lowest BCUT2D eigenvalue weighted by Crippen LogP contribution is -2.27. The Kier molecular flexibility index (Phi) is 3.59. The number of hydrogen-bond acceptors (Lipinski definition) is 5. The maximum atomic E-state index is 12.1. The number of nitrogens with one attached hydrogen (secondary N) is 1. The highest BCUT2D eigenvalue weighted by molar-refractivity contribution is 5.92. The Hall–Kier alpha value is -2.80. The Balaban J connectivity index is 1.71. The van der Waals surface area contributed by atoms with Crippen molar-refractivity contribution in [3.8, 4) is 17.0 Å². The number of pyridine rings is 1. The summed E-state index contributed by atoms with van der Waals surface area (Å²) in [7, 11) is 0. The van der Waals surface area contributed by atoms with Gasteiger partial charge in [-0.3, -0.25) is 4.79 Å². The number of piperidine rings is 1. The number of aromatic nitrogens is 1. The van der Waals surface area contributed by atoms with Gasteiger partial charge >= 0.3 is 5.97 Å². The van der Waals surface area contributed by atoms with Crippen LogP contribution in [0.3, 0.4) is 0 Å². The number of carbonyl (C=O) groups is 1. The van der Waals surface area contributed by atoms with Gasteiger partial charge in [0.25, 0.3) is 5.56 Å². The van der Waals surface area contributed by atoms with Crippen LogP contribution in [0.15, 0.2) is 23.0 Å². The van der Waals surface area contributed by atoms with E-state index in [-0.39, 0.29) is 0 Å². The Morgan fingerprint density at radius 3 is 2.50 bits per heavy atom. The number of carboxylic acid groups (broad SMARTS) is 1. The molecule has 1 aromatic carbocycles. The van der Waals surface area contributed by atoms with Crippen LogP contribution < -0.4 is 16.2 Å². The van der Waals surface area contributed by atoms with E-state index in [4.69, 9.17) is 10.8 Å². The molecular weight excluding hydrogens is 334 g/mol. The fourth-order valence-corrected chi connectivity index (χ4v) is 4.06. The molecule has 0 spiro atoms. The number of aromatic carboxylic acids is 1. The van der Waals surface area contributed by atoms with Crippen LogP contribution in [0, 0.1) is 25.7 Å². The van der Waals surface area contributed by atoms with Crippen molar-refractivity contribution in [2.45, 2.75) is 19.9 Å². The van der Waals surface area contributed by atoms with E-state index in [2.05, 4.69) is 9.88 Å². The number of rotatable bonds is 3. The summed E-state index contributed by atoms with van der Waals surface area (Å²) in [5, 5.41) is 19.2. The third-order valence-corrected chi connectivity index (χ3v) is 5.75. The first-order chi connectivity index (χ1) is 12.3. The molecule has 7 nitrogen and oxygen atoms in total. The molecule has 2 atom stereocenters. The highest BCUT2D eigenvalue weighted by Crippen LogP contribution is 2.45. The third kappa shape index (κ3) is 2.39. The lowest BCUT2D eigenvalue weighted by Gasteiger charge is -2.23. The summed E-state index contributed by atoms with van der Waals surface area (Å²) < 4.78 is 0. The first-order valence-electron chi connectivity index (χ1n) is 8.60. The smallest absolute Gasteiger partial charge is 0.345 e. The Morgan fingerprint density at radius 2 is 1.92 bits per heavy atom. The molecule has 2 heterocycles. The quantitative estimate of drug-likeness (QED) is 0.662. The number of nitrogens with zero attached hydrogens (tertiary/aromatic N) is 1. The first kappa shape index (κ1) is 16.7. The Morgan fingerprint density at radius 1 is 1.27 bits per heavy atom. The molecule has 7 heteroatoms. The summed E-state index contributed by atoms with van der Waals surface area (Å²) in [5.41, 5.74) is 8.14. The van der Waals surface area contributed by atoms with Gasteiger partial charge in [-0.25, -0.2) is 4.79 Å². The monoisotopic (exact) mass is 355 g/mol. The van der Waals surface area contributed by atoms with Gasteiger partial charge in [-0.15, -0.1) is 0 Å². The number of H-pyrrole nitrogens is 1. The van der Waals surface area contributed by atoms with Crippen molar-refractivity contribution in [2.75, 3.05) is 18.0 Å². The van der Waals surface area contributed by atoms with Gasteiger partial charge in [0.2, 0.25) is 0 Å². The number of hydrogen-bond donors (Lipinski definition) is 4. The van der Waals surface area contributed by atoms with Crippen LogP contribution in [-0.4, -0.2) is 40.3 Å². The second-order valence-corrected chi connectivity index (χ2v) is 7.29. The zero-order valence-electron chi connectivity index (χ0n) is 14.6. The van der Waals surface area contributed by atoms with Crippen LogP contribution in [0.2, 0.25) is 0 Å². The fourth-order valence-electron chi connectivity index (χ4n) is 4.06. The molecule has 5 N–H and O–H groups in total. The predicted octanol–water partition coefficient (Wildman–Crippen LogP) is 1.46. The van der Waals surface area contributed by atoms with Gasteiger partial charge in [-0.05, 0) is 43.4 Å². The molecule has 1 saturated carbocycles. The van der Waals surface area contributed by atoms with Crippen LogP contribution >= 0.6 is 0 Å². The Labute approximate surface area is 150 Å². The molecule has 136 valence electrons. The minimum absolute atomic E-state index is 0.339. The summed E-state index contributed by atoms with van der Waals surface area (Å²) >= 11 is 0. The van der Waals surface area contributed by atoms with Crippen molar-refractivity contribution < 1.29 is 15.0 Å². The minimum Gasteiger partial charge on any atom is -0.506 e. The van der Waals surface area contributed by atoms with Crippen LogP contribution in [-0.2, 0) is 0 Å². The number of benzene rings is 1. The molecule has 2 fully saturated rings. The zero-order chi connectivity index (χ0) is 18.7. The molecule has 26 heavy (non-hydrogen) atoms. The second-order valence-electron chi connectivity index (χ2n) is 7.29. The van der Waals surface area contributed by atoms with E-state index < -0.39 is 22.8 Å². The van der Waals surface area contributed by atoms with Gasteiger partial charge in [-0.1, -0.05) is 6.07 Å². The van der Waals surface area contributed by atoms with Gasteiger partial charge in [0.15, 0.2) is 5.56 Å². The highest BCUT2D eigenvalue weighted by atomic mass is 16.4. The predicted molar refractivity (Wildman–Crippen MR) is 97.8 cm³/mol. The minimum atomic E-state index is -1.45. The summed E-state index contributed by atoms with van der Waals surface area (Å²) in [6.07, 6.45) is 0. The Bertz CT molecular complexity index is 969. The van der Waals surface area contributed by atoms with Crippen molar-refractivity contribution in [3.63, 3.8) is 0 Å². The van der Waals surface area contributed by atoms with Gasteiger partial charge < -0.3 is 25.8 Å². The largest absolute Gasteiger partial charge is 0.506 e. The van der Waals surface area contributed by atoms with Crippen LogP contribution in [0.1, 0.15) is 21.5 Å². The number of nitrogens with two attached hydrogens (primary N) is 1. The number of fused-ring (bicyclic) bond motifs is 1. The van der Waals surface area contributed by atoms with E-state index in [0.29, 0.717) is 29.1 Å². The van der Waals surface area contributed by atoms with Crippen LogP contribution in [0.4, 0.5) is 5.69 Å². The second kappa shape index (κ2) is 5.60. The molecule has 1 aliphatic heterocycles. The molecule has 4 rings (SSSR count). The van der Waals surface area contributed by atoms with Crippen LogP contribution in [0.5, 0.6) is 5.75 Å². The molecular formula is C19H21N3O4. The maximum absolute atomic E-state index is 12.1. The SMILES string of the molecule is Cc1cc(N2CC3C(N)C3C2)ccc1-c1[nH]c(=O)c(C(=O)O)c(O)c1C. The number of aromatic amines is 1. The van der Waals surface area contributed by atoms with Crippen molar-refractivity contribution in [1.82, 2.24) is 4.98 Å². The summed E-state index contributed by atoms with van der Waals surface area (Å²) in [4.78, 5) is 28.2. The van der Waals surface area contributed by atoms with E-state index in [1.165, 1.54) is 0 Å². The molecule has 1 aliphatic carbocycles. The lowest BCUT2D eigenvalue weighted by molar-refractivity contribution is 0.0691. The average molecular weight is 355 g/mol. The topological polar surface area (TPSA) is 120 Å². The molecule has 2 unspecified atom stereocenters. The van der Waals surface area contributed by atoms with Gasteiger partial charge in [-0.2, -0.15) is 0 Å². The number of anilines is 1. The van der Waals surface area contributed by atoms with Crippen LogP contribution in [0.25, 0.3) is 11.3 Å². The van der Waals surface area contributed by atoms with E-state index in [1.807, 2.05) is 25.1 Å². The standard InChI is InChI=1S/C19H21N3O4/c1-8-5-10(22-6-12-13(7-22)15(12)20)3-4-11(8)16-9(2)17(23)14(19(25)26)18(24)21-16/h3-5,12-13,15H,6-7,20H2,1-2H3,(H,25,26)(H2,21,23,24). The van der Waals surface area contributed by atoms with E-state index in [9.17, 15) is 14.7 Å². The maximum Gasteiger partial charge on any atom is 0.345 e. The van der Waals surface area contributed by atoms with Gasteiger partial charge in [0, 0.05) is 35.9 Å². The van der Waals surface area contributed by atoms with Crippen molar-refractivity contribution in [1.29, 1.82) is 0 Å². The molecule has 0 radical (unpaired) electrons. The summed E-state index contributed by atoms with van der Waals surface area (Å²) in [5.74, 6) is -0.757. The van der Waals surface area contributed by atoms with Gasteiger partial charge in [0.1, 0.15) is 5.75 Å². The number of carboxylic acids is 1. The zero-order valence-corrected chi connectivity index (χ0v) is 14.6. The average Bonchev–Trinajstić information content (AvgIpc) is 2.99. The summed E-state index contributed by atoms with van der Waals surface area (Å²) in [6.45, 7) is 5.46. The molecule has 2 aromatic rings. The number of aromatic hydroxyl groups is 1. The molecule has 1 saturated heterocycles. The van der Waals surface area contributed by atoms with Gasteiger partial charge in [0.05, 0.1) is 5.69 Å². The lowest BCUT2D eigenvalue weighted by atomic mass is 9.99. The van der Waals surface area contributed by atoms with Crippen molar-refractivity contribution >= 4 is 11.7 Å². The van der Waals surface area contributed by atoms with Crippen molar-refractivity contribution in [3.05, 3.63) is 45.2 Å². The summed E-state index contributed by atoms with van der Waals surface area (Å²) in [6, 6.07) is 6.27. The van der Waals surface area contributed by atoms with E-state index in [0.717, 1.165) is 29.9 Å². The first-order valence-corrected chi connectivity index (χ1v) is 8.60. The fraction of sp³-hybridized carbons (Fsp3) is 0.368. The third-order valence-electron chi connectivity index (χ3n) is 5.75. The van der Waals surface area contributed by atoms with E-state index >= 15 is 0 Å². The molecule has 0 bridgehead atoms. The molecule has 0 amide bonds. The number of aryl methyl sites for hydroxylation is 1. The van der Waals surface area contributed by atoms with Crippen molar-refractivity contribution in [2.24, 2.45) is 17.6 Å². The normalized spacial score (nSPS) is 23.8. The molecule has 2 aliphatic rings.